The Labute approximate surface area is 155 Å². The van der Waals surface area contributed by atoms with Crippen LogP contribution in [-0.4, -0.2) is 43.9 Å². The Bertz CT molecular complexity index is 1040. The first-order valence-electron chi connectivity index (χ1n) is 9.28. The van der Waals surface area contributed by atoms with Crippen LogP contribution in [0.3, 0.4) is 0 Å². The van der Waals surface area contributed by atoms with Crippen LogP contribution < -0.4 is 10.5 Å². The van der Waals surface area contributed by atoms with Gasteiger partial charge in [0.2, 0.25) is 0 Å². The minimum atomic E-state index is -0.0668. The molecule has 1 unspecified atom stereocenters. The van der Waals surface area contributed by atoms with Gasteiger partial charge in [-0.25, -0.2) is 14.6 Å². The highest BCUT2D eigenvalue weighted by molar-refractivity contribution is 5.88. The molecular weight excluding hydrogens is 344 g/mol. The van der Waals surface area contributed by atoms with Crippen LogP contribution in [0.2, 0.25) is 0 Å². The van der Waals surface area contributed by atoms with E-state index in [0.717, 1.165) is 53.8 Å². The molecule has 3 aromatic rings. The summed E-state index contributed by atoms with van der Waals surface area (Å²) in [6.45, 7) is 2.61. The van der Waals surface area contributed by atoms with Crippen molar-refractivity contribution in [3.05, 3.63) is 52.5 Å². The van der Waals surface area contributed by atoms with Gasteiger partial charge in [0.1, 0.15) is 12.1 Å². The van der Waals surface area contributed by atoms with E-state index in [4.69, 9.17) is 4.74 Å². The monoisotopic (exact) mass is 364 g/mol. The first kappa shape index (κ1) is 16.3. The third kappa shape index (κ3) is 2.95. The fourth-order valence-electron chi connectivity index (χ4n) is 4.01. The number of fused-ring (bicyclic) bond motifs is 2. The lowest BCUT2D eigenvalue weighted by Gasteiger charge is -2.27. The average Bonchev–Trinajstić information content (AvgIpc) is 3.16. The van der Waals surface area contributed by atoms with Gasteiger partial charge in [-0.3, -0.25) is 9.78 Å². The minimum Gasteiger partial charge on any atom is -0.376 e. The molecule has 1 saturated heterocycles. The number of anilines is 1. The maximum atomic E-state index is 12.5. The summed E-state index contributed by atoms with van der Waals surface area (Å²) in [6, 6.07) is 3.80. The fourth-order valence-corrected chi connectivity index (χ4v) is 4.01. The van der Waals surface area contributed by atoms with Gasteiger partial charge >= 0.3 is 0 Å². The Kier molecular flexibility index (Phi) is 4.05. The van der Waals surface area contributed by atoms with Gasteiger partial charge in [-0.2, -0.15) is 5.10 Å². The molecule has 0 saturated carbocycles. The topological polar surface area (TPSA) is 86.0 Å². The molecule has 1 atom stereocenters. The van der Waals surface area contributed by atoms with Gasteiger partial charge in [0.15, 0.2) is 0 Å². The predicted molar refractivity (Wildman–Crippen MR) is 99.6 cm³/mol. The van der Waals surface area contributed by atoms with E-state index < -0.39 is 0 Å². The highest BCUT2D eigenvalue weighted by Gasteiger charge is 2.28. The zero-order valence-corrected chi connectivity index (χ0v) is 14.9. The third-order valence-electron chi connectivity index (χ3n) is 5.36. The molecule has 0 aliphatic carbocycles. The zero-order valence-electron chi connectivity index (χ0n) is 14.9. The number of hydrogen-bond donors (Lipinski definition) is 0. The molecule has 5 heterocycles. The van der Waals surface area contributed by atoms with Gasteiger partial charge in [-0.1, -0.05) is 0 Å². The molecule has 27 heavy (non-hydrogen) atoms. The largest absolute Gasteiger partial charge is 0.376 e. The van der Waals surface area contributed by atoms with E-state index in [2.05, 4.69) is 25.0 Å². The molecule has 3 aromatic heterocycles. The number of rotatable bonds is 3. The van der Waals surface area contributed by atoms with E-state index in [-0.39, 0.29) is 11.6 Å². The highest BCUT2D eigenvalue weighted by atomic mass is 16.5. The maximum absolute atomic E-state index is 12.5. The second kappa shape index (κ2) is 6.70. The Balaban J connectivity index is 1.48. The van der Waals surface area contributed by atoms with Gasteiger partial charge in [-0.15, -0.1) is 0 Å². The van der Waals surface area contributed by atoms with Crippen LogP contribution in [0.4, 0.5) is 5.82 Å². The third-order valence-corrected chi connectivity index (χ3v) is 5.36. The molecule has 8 heteroatoms. The molecule has 5 rings (SSSR count). The first-order chi connectivity index (χ1) is 13.3. The molecule has 1 fully saturated rings. The molecule has 8 nitrogen and oxygen atoms in total. The number of pyridine rings is 1. The van der Waals surface area contributed by atoms with Crippen LogP contribution in [0.25, 0.3) is 10.9 Å². The lowest BCUT2D eigenvalue weighted by molar-refractivity contribution is 0.108. The van der Waals surface area contributed by atoms with Crippen molar-refractivity contribution in [3.8, 4) is 0 Å². The van der Waals surface area contributed by atoms with Gasteiger partial charge in [0.05, 0.1) is 43.2 Å². The fraction of sp³-hybridized carbons (Fsp3) is 0.421. The second-order valence-corrected chi connectivity index (χ2v) is 7.02. The van der Waals surface area contributed by atoms with Crippen molar-refractivity contribution in [1.82, 2.24) is 24.7 Å². The van der Waals surface area contributed by atoms with Crippen molar-refractivity contribution in [3.63, 3.8) is 0 Å². The van der Waals surface area contributed by atoms with E-state index in [9.17, 15) is 4.79 Å². The summed E-state index contributed by atoms with van der Waals surface area (Å²) in [5, 5.41) is 5.61. The van der Waals surface area contributed by atoms with Crippen LogP contribution in [0.1, 0.15) is 24.1 Å². The normalized spacial score (nSPS) is 19.4. The zero-order chi connectivity index (χ0) is 18.2. The summed E-state index contributed by atoms with van der Waals surface area (Å²) >= 11 is 0. The molecule has 2 aliphatic heterocycles. The van der Waals surface area contributed by atoms with E-state index in [1.165, 1.54) is 0 Å². The van der Waals surface area contributed by atoms with Gasteiger partial charge in [-0.05, 0) is 18.9 Å². The number of hydrogen-bond acceptors (Lipinski definition) is 7. The Morgan fingerprint density at radius 1 is 1.30 bits per heavy atom. The molecule has 0 bridgehead atoms. The summed E-state index contributed by atoms with van der Waals surface area (Å²) in [4.78, 5) is 27.8. The maximum Gasteiger partial charge on any atom is 0.267 e. The molecule has 0 spiro atoms. The van der Waals surface area contributed by atoms with Gasteiger partial charge in [0, 0.05) is 36.2 Å². The molecule has 138 valence electrons. The number of aromatic nitrogens is 5. The standard InChI is InChI=1S/C19H20N6O2/c26-18-8-13-11-27-7-4-16(13)23-25(18)10-14-2-1-6-24(14)19-15-3-5-20-9-17(15)21-12-22-19/h3,5,8-9,12,14H,1-2,4,6-7,10-11H2. The van der Waals surface area contributed by atoms with E-state index in [0.29, 0.717) is 19.8 Å². The molecule has 0 radical (unpaired) electrons. The lowest BCUT2D eigenvalue weighted by atomic mass is 10.1. The molecular formula is C19H20N6O2. The SMILES string of the molecule is O=c1cc2c(nn1CC1CCCN1c1ncnc3cnccc13)CCOC2. The van der Waals surface area contributed by atoms with E-state index in [1.54, 1.807) is 29.5 Å². The van der Waals surface area contributed by atoms with Gasteiger partial charge in [0.25, 0.3) is 5.56 Å². The van der Waals surface area contributed by atoms with Crippen molar-refractivity contribution >= 4 is 16.7 Å². The van der Waals surface area contributed by atoms with Crippen LogP contribution in [0, 0.1) is 0 Å². The smallest absolute Gasteiger partial charge is 0.267 e. The summed E-state index contributed by atoms with van der Waals surface area (Å²) in [7, 11) is 0. The number of nitrogens with zero attached hydrogens (tertiary/aromatic N) is 6. The summed E-state index contributed by atoms with van der Waals surface area (Å²) < 4.78 is 7.03. The van der Waals surface area contributed by atoms with Crippen LogP contribution in [0.5, 0.6) is 0 Å². The molecule has 0 N–H and O–H groups in total. The molecule has 0 amide bonds. The van der Waals surface area contributed by atoms with Gasteiger partial charge < -0.3 is 9.64 Å². The van der Waals surface area contributed by atoms with Crippen molar-refractivity contribution < 1.29 is 4.74 Å². The average molecular weight is 364 g/mol. The van der Waals surface area contributed by atoms with Crippen LogP contribution in [0.15, 0.2) is 35.6 Å². The van der Waals surface area contributed by atoms with E-state index in [1.807, 2.05) is 6.07 Å². The summed E-state index contributed by atoms with van der Waals surface area (Å²) in [6.07, 6.45) is 7.92. The second-order valence-electron chi connectivity index (χ2n) is 7.02. The van der Waals surface area contributed by atoms with Crippen LogP contribution >= 0.6 is 0 Å². The Morgan fingerprint density at radius 3 is 3.22 bits per heavy atom. The quantitative estimate of drug-likeness (QED) is 0.693. The van der Waals surface area contributed by atoms with Crippen molar-refractivity contribution in [2.45, 2.75) is 38.5 Å². The lowest BCUT2D eigenvalue weighted by Crippen LogP contribution is -2.38. The minimum absolute atomic E-state index is 0.0668. The first-order valence-corrected chi connectivity index (χ1v) is 9.28. The summed E-state index contributed by atoms with van der Waals surface area (Å²) in [5.41, 5.74) is 2.66. The van der Waals surface area contributed by atoms with Crippen molar-refractivity contribution in [2.24, 2.45) is 0 Å². The van der Waals surface area contributed by atoms with Crippen molar-refractivity contribution in [2.75, 3.05) is 18.1 Å². The molecule has 2 aliphatic rings. The predicted octanol–water partition coefficient (Wildman–Crippen LogP) is 1.32. The Morgan fingerprint density at radius 2 is 2.26 bits per heavy atom. The number of ether oxygens (including phenoxy) is 1. The van der Waals surface area contributed by atoms with Crippen molar-refractivity contribution in [1.29, 1.82) is 0 Å². The molecule has 0 aromatic carbocycles. The van der Waals surface area contributed by atoms with E-state index >= 15 is 0 Å². The highest BCUT2D eigenvalue weighted by Crippen LogP contribution is 2.29. The Hall–Kier alpha value is -2.87. The summed E-state index contributed by atoms with van der Waals surface area (Å²) in [5.74, 6) is 0.907. The van der Waals surface area contributed by atoms with Crippen LogP contribution in [-0.2, 0) is 24.3 Å².